The number of carbonyl (C=O) groups is 2. The number of amides is 1. The van der Waals surface area contributed by atoms with Crippen LogP contribution in [-0.2, 0) is 22.1 Å². The summed E-state index contributed by atoms with van der Waals surface area (Å²) in [6.45, 7) is 4.58. The van der Waals surface area contributed by atoms with Crippen molar-refractivity contribution in [2.45, 2.75) is 39.0 Å². The molecule has 1 aromatic rings. The second-order valence-electron chi connectivity index (χ2n) is 6.28. The van der Waals surface area contributed by atoms with E-state index in [0.717, 1.165) is 6.07 Å². The normalized spacial score (nSPS) is 13.2. The fourth-order valence-electron chi connectivity index (χ4n) is 2.01. The maximum Gasteiger partial charge on any atom is 0.416 e. The van der Waals surface area contributed by atoms with Crippen molar-refractivity contribution < 1.29 is 32.6 Å². The number of hydrogen-bond donors (Lipinski definition) is 2. The molecule has 0 saturated carbocycles. The minimum absolute atomic E-state index is 0.136. The molecule has 134 valence electrons. The third-order valence-corrected chi connectivity index (χ3v) is 3.03. The Morgan fingerprint density at radius 2 is 1.79 bits per heavy atom. The molecule has 1 amide bonds. The number of benzene rings is 1. The smallest absolute Gasteiger partial charge is 0.416 e. The number of halogens is 3. The van der Waals surface area contributed by atoms with E-state index in [9.17, 15) is 27.9 Å². The molecule has 0 spiro atoms. The van der Waals surface area contributed by atoms with Crippen LogP contribution in [0.3, 0.4) is 0 Å². The van der Waals surface area contributed by atoms with Crippen LogP contribution in [0.5, 0.6) is 0 Å². The number of carboxylic acid groups (broad SMARTS) is 1. The summed E-state index contributed by atoms with van der Waals surface area (Å²) in [5, 5.41) is 11.5. The van der Waals surface area contributed by atoms with Crippen LogP contribution in [0.15, 0.2) is 24.3 Å². The Kier molecular flexibility index (Phi) is 6.22. The van der Waals surface area contributed by atoms with Gasteiger partial charge < -0.3 is 15.2 Å². The first-order valence-electron chi connectivity index (χ1n) is 7.25. The Labute approximate surface area is 137 Å². The van der Waals surface area contributed by atoms with Crippen molar-refractivity contribution in [2.24, 2.45) is 5.92 Å². The second-order valence-corrected chi connectivity index (χ2v) is 6.28. The second kappa shape index (κ2) is 7.55. The largest absolute Gasteiger partial charge is 0.481 e. The Balaban J connectivity index is 2.82. The summed E-state index contributed by atoms with van der Waals surface area (Å²) in [6.07, 6.45) is -5.75. The van der Waals surface area contributed by atoms with Gasteiger partial charge in [0.05, 0.1) is 11.5 Å². The van der Waals surface area contributed by atoms with Crippen LogP contribution in [0.25, 0.3) is 0 Å². The van der Waals surface area contributed by atoms with Gasteiger partial charge in [-0.3, -0.25) is 4.79 Å². The zero-order valence-electron chi connectivity index (χ0n) is 13.6. The molecule has 1 unspecified atom stereocenters. The van der Waals surface area contributed by atoms with Gasteiger partial charge in [0.1, 0.15) is 5.60 Å². The molecular formula is C16H20F3NO4. The van der Waals surface area contributed by atoms with Gasteiger partial charge in [-0.25, -0.2) is 4.79 Å². The number of aliphatic carboxylic acids is 1. The van der Waals surface area contributed by atoms with E-state index >= 15 is 0 Å². The van der Waals surface area contributed by atoms with E-state index in [4.69, 9.17) is 4.74 Å². The highest BCUT2D eigenvalue weighted by molar-refractivity contribution is 5.73. The third-order valence-electron chi connectivity index (χ3n) is 3.03. The molecule has 0 aromatic heterocycles. The number of ether oxygens (including phenoxy) is 1. The average Bonchev–Trinajstić information content (AvgIpc) is 2.40. The van der Waals surface area contributed by atoms with Gasteiger partial charge in [0.25, 0.3) is 0 Å². The highest BCUT2D eigenvalue weighted by atomic mass is 19.4. The Hall–Kier alpha value is -2.25. The molecule has 0 aliphatic carbocycles. The highest BCUT2D eigenvalue weighted by Crippen LogP contribution is 2.32. The molecule has 0 aliphatic heterocycles. The molecule has 0 heterocycles. The summed E-state index contributed by atoms with van der Waals surface area (Å²) >= 11 is 0. The first kappa shape index (κ1) is 19.8. The monoisotopic (exact) mass is 347 g/mol. The molecule has 0 radical (unpaired) electrons. The van der Waals surface area contributed by atoms with Crippen LogP contribution >= 0.6 is 0 Å². The number of carboxylic acids is 1. The minimum Gasteiger partial charge on any atom is -0.481 e. The molecule has 1 atom stereocenters. The molecule has 0 saturated heterocycles. The van der Waals surface area contributed by atoms with Gasteiger partial charge >= 0.3 is 18.2 Å². The van der Waals surface area contributed by atoms with E-state index in [1.807, 2.05) is 0 Å². The summed E-state index contributed by atoms with van der Waals surface area (Å²) < 4.78 is 43.9. The van der Waals surface area contributed by atoms with Crippen LogP contribution in [0.1, 0.15) is 31.9 Å². The lowest BCUT2D eigenvalue weighted by atomic mass is 9.95. The van der Waals surface area contributed by atoms with E-state index in [-0.39, 0.29) is 18.5 Å². The Morgan fingerprint density at radius 1 is 1.21 bits per heavy atom. The lowest BCUT2D eigenvalue weighted by molar-refractivity contribution is -0.143. The summed E-state index contributed by atoms with van der Waals surface area (Å²) in [6, 6.07) is 4.77. The molecule has 0 aliphatic rings. The molecule has 0 bridgehead atoms. The number of rotatable bonds is 5. The maximum atomic E-state index is 13.0. The predicted molar refractivity (Wildman–Crippen MR) is 80.5 cm³/mol. The zero-order chi connectivity index (χ0) is 18.5. The van der Waals surface area contributed by atoms with Gasteiger partial charge in [-0.05, 0) is 38.8 Å². The van der Waals surface area contributed by atoms with Crippen molar-refractivity contribution in [1.29, 1.82) is 0 Å². The van der Waals surface area contributed by atoms with Gasteiger partial charge in [0, 0.05) is 6.54 Å². The first-order valence-corrected chi connectivity index (χ1v) is 7.25. The Morgan fingerprint density at radius 3 is 2.29 bits per heavy atom. The molecule has 1 aromatic carbocycles. The van der Waals surface area contributed by atoms with Crippen LogP contribution < -0.4 is 5.32 Å². The van der Waals surface area contributed by atoms with Crippen molar-refractivity contribution in [3.63, 3.8) is 0 Å². The Bertz CT molecular complexity index is 594. The van der Waals surface area contributed by atoms with Crippen LogP contribution in [0.4, 0.5) is 18.0 Å². The fraction of sp³-hybridized carbons (Fsp3) is 0.500. The topological polar surface area (TPSA) is 75.6 Å². The van der Waals surface area contributed by atoms with E-state index in [0.29, 0.717) is 0 Å². The first-order chi connectivity index (χ1) is 10.9. The van der Waals surface area contributed by atoms with Gasteiger partial charge in [0.2, 0.25) is 0 Å². The SMILES string of the molecule is CC(C)(C)OC(=O)NCC(Cc1ccccc1C(F)(F)F)C(=O)O. The molecule has 5 nitrogen and oxygen atoms in total. The van der Waals surface area contributed by atoms with Crippen molar-refractivity contribution in [1.82, 2.24) is 5.32 Å². The van der Waals surface area contributed by atoms with Crippen molar-refractivity contribution in [3.05, 3.63) is 35.4 Å². The van der Waals surface area contributed by atoms with Gasteiger partial charge in [0.15, 0.2) is 0 Å². The maximum absolute atomic E-state index is 13.0. The molecule has 8 heteroatoms. The number of alkyl halides is 3. The van der Waals surface area contributed by atoms with Gasteiger partial charge in [-0.2, -0.15) is 13.2 Å². The lowest BCUT2D eigenvalue weighted by Gasteiger charge is -2.21. The summed E-state index contributed by atoms with van der Waals surface area (Å²) in [5.41, 5.74) is -1.77. The predicted octanol–water partition coefficient (Wildman–Crippen LogP) is 3.47. The standard InChI is InChI=1S/C16H20F3NO4/c1-15(2,3)24-14(23)20-9-11(13(21)22)8-10-6-4-5-7-12(10)16(17,18)19/h4-7,11H,8-9H2,1-3H3,(H,20,23)(H,21,22). The number of nitrogens with one attached hydrogen (secondary N) is 1. The van der Waals surface area contributed by atoms with E-state index in [1.54, 1.807) is 20.8 Å². The fourth-order valence-corrected chi connectivity index (χ4v) is 2.01. The minimum atomic E-state index is -4.57. The number of carbonyl (C=O) groups excluding carboxylic acids is 1. The van der Waals surface area contributed by atoms with Crippen molar-refractivity contribution >= 4 is 12.1 Å². The molecule has 1 rings (SSSR count). The molecule has 2 N–H and O–H groups in total. The van der Waals surface area contributed by atoms with Crippen LogP contribution in [0, 0.1) is 5.92 Å². The van der Waals surface area contributed by atoms with Crippen LogP contribution in [-0.4, -0.2) is 29.3 Å². The van der Waals surface area contributed by atoms with E-state index < -0.39 is 35.3 Å². The summed E-state index contributed by atoms with van der Waals surface area (Å²) in [5.74, 6) is -2.51. The molecular weight excluding hydrogens is 327 g/mol. The number of alkyl carbamates (subject to hydrolysis) is 1. The average molecular weight is 347 g/mol. The summed E-state index contributed by atoms with van der Waals surface area (Å²) in [7, 11) is 0. The highest BCUT2D eigenvalue weighted by Gasteiger charge is 2.34. The van der Waals surface area contributed by atoms with E-state index in [1.165, 1.54) is 18.2 Å². The molecule has 24 heavy (non-hydrogen) atoms. The van der Waals surface area contributed by atoms with E-state index in [2.05, 4.69) is 5.32 Å². The zero-order valence-corrected chi connectivity index (χ0v) is 13.6. The third kappa shape index (κ3) is 6.47. The van der Waals surface area contributed by atoms with Crippen LogP contribution in [0.2, 0.25) is 0 Å². The lowest BCUT2D eigenvalue weighted by Crippen LogP contribution is -2.38. The van der Waals surface area contributed by atoms with Gasteiger partial charge in [-0.1, -0.05) is 18.2 Å². The van der Waals surface area contributed by atoms with Gasteiger partial charge in [-0.15, -0.1) is 0 Å². The van der Waals surface area contributed by atoms with Crippen molar-refractivity contribution in [2.75, 3.05) is 6.54 Å². The molecule has 0 fully saturated rings. The quantitative estimate of drug-likeness (QED) is 0.855. The number of hydrogen-bond acceptors (Lipinski definition) is 3. The van der Waals surface area contributed by atoms with Crippen molar-refractivity contribution in [3.8, 4) is 0 Å². The summed E-state index contributed by atoms with van der Waals surface area (Å²) in [4.78, 5) is 22.8.